The van der Waals surface area contributed by atoms with Crippen LogP contribution >= 0.6 is 11.6 Å². The Morgan fingerprint density at radius 3 is 2.78 bits per heavy atom. The van der Waals surface area contributed by atoms with Crippen LogP contribution in [0.1, 0.15) is 38.7 Å². The third kappa shape index (κ3) is 2.86. The van der Waals surface area contributed by atoms with Gasteiger partial charge in [0.1, 0.15) is 5.82 Å². The van der Waals surface area contributed by atoms with Gasteiger partial charge in [-0.2, -0.15) is 0 Å². The average molecular weight is 270 g/mol. The van der Waals surface area contributed by atoms with E-state index in [4.69, 9.17) is 17.3 Å². The van der Waals surface area contributed by atoms with Crippen LogP contribution in [0.3, 0.4) is 0 Å². The summed E-state index contributed by atoms with van der Waals surface area (Å²) in [5, 5.41) is 0.230. The van der Waals surface area contributed by atoms with Crippen LogP contribution in [0.4, 0.5) is 4.39 Å². The zero-order valence-electron chi connectivity index (χ0n) is 11.0. The summed E-state index contributed by atoms with van der Waals surface area (Å²) in [6.45, 7) is 4.53. The summed E-state index contributed by atoms with van der Waals surface area (Å²) in [6, 6.07) is 4.97. The van der Waals surface area contributed by atoms with Gasteiger partial charge < -0.3 is 5.73 Å². The van der Waals surface area contributed by atoms with E-state index in [0.717, 1.165) is 30.7 Å². The molecule has 3 heteroatoms. The van der Waals surface area contributed by atoms with Crippen molar-refractivity contribution in [2.45, 2.75) is 45.1 Å². The van der Waals surface area contributed by atoms with Crippen molar-refractivity contribution in [3.8, 4) is 0 Å². The van der Waals surface area contributed by atoms with Gasteiger partial charge in [-0.15, -0.1) is 0 Å². The Morgan fingerprint density at radius 2 is 2.11 bits per heavy atom. The van der Waals surface area contributed by atoms with Crippen molar-refractivity contribution in [1.82, 2.24) is 0 Å². The molecule has 2 N–H and O–H groups in total. The molecule has 1 saturated carbocycles. The maximum Gasteiger partial charge on any atom is 0.142 e. The van der Waals surface area contributed by atoms with Crippen LogP contribution in [0.25, 0.3) is 0 Å². The van der Waals surface area contributed by atoms with Crippen LogP contribution in [0.15, 0.2) is 18.2 Å². The molecule has 2 rings (SSSR count). The van der Waals surface area contributed by atoms with Gasteiger partial charge in [-0.05, 0) is 49.1 Å². The molecule has 100 valence electrons. The molecule has 0 aliphatic heterocycles. The van der Waals surface area contributed by atoms with Gasteiger partial charge in [-0.3, -0.25) is 0 Å². The van der Waals surface area contributed by atoms with Crippen LogP contribution in [0.2, 0.25) is 5.02 Å². The summed E-state index contributed by atoms with van der Waals surface area (Å²) in [7, 11) is 0. The van der Waals surface area contributed by atoms with Crippen molar-refractivity contribution in [1.29, 1.82) is 0 Å². The van der Waals surface area contributed by atoms with Crippen LogP contribution in [0.5, 0.6) is 0 Å². The lowest BCUT2D eigenvalue weighted by atomic mass is 9.69. The van der Waals surface area contributed by atoms with Gasteiger partial charge >= 0.3 is 0 Å². The quantitative estimate of drug-likeness (QED) is 0.857. The van der Waals surface area contributed by atoms with Crippen molar-refractivity contribution in [3.05, 3.63) is 34.6 Å². The predicted octanol–water partition coefficient (Wildman–Crippen LogP) is 4.18. The molecule has 0 radical (unpaired) electrons. The molecule has 1 aliphatic rings. The molecule has 18 heavy (non-hydrogen) atoms. The SMILES string of the molecule is CC1CCC(N)(Cc2cccc(F)c2Cl)CC1C. The molecular formula is C15H21ClFN. The first-order valence-electron chi connectivity index (χ1n) is 6.63. The van der Waals surface area contributed by atoms with Gasteiger partial charge in [0.25, 0.3) is 0 Å². The molecule has 1 aromatic carbocycles. The normalized spacial score (nSPS) is 32.5. The molecule has 3 unspecified atom stereocenters. The molecule has 1 aliphatic carbocycles. The minimum Gasteiger partial charge on any atom is -0.325 e. The molecule has 3 atom stereocenters. The molecular weight excluding hydrogens is 249 g/mol. The fourth-order valence-electron chi connectivity index (χ4n) is 2.97. The predicted molar refractivity (Wildman–Crippen MR) is 74.2 cm³/mol. The summed E-state index contributed by atoms with van der Waals surface area (Å²) < 4.78 is 13.4. The van der Waals surface area contributed by atoms with Crippen molar-refractivity contribution in [2.24, 2.45) is 17.6 Å². The van der Waals surface area contributed by atoms with E-state index in [2.05, 4.69) is 13.8 Å². The van der Waals surface area contributed by atoms with Gasteiger partial charge in [0.2, 0.25) is 0 Å². The topological polar surface area (TPSA) is 26.0 Å². The van der Waals surface area contributed by atoms with Gasteiger partial charge in [0, 0.05) is 5.54 Å². The maximum absolute atomic E-state index is 13.4. The lowest BCUT2D eigenvalue weighted by Gasteiger charge is -2.40. The summed E-state index contributed by atoms with van der Waals surface area (Å²) >= 11 is 6.01. The number of benzene rings is 1. The van der Waals surface area contributed by atoms with E-state index in [1.54, 1.807) is 6.07 Å². The first-order valence-corrected chi connectivity index (χ1v) is 7.01. The second-order valence-electron chi connectivity index (χ2n) is 5.95. The molecule has 0 spiro atoms. The highest BCUT2D eigenvalue weighted by atomic mass is 35.5. The molecule has 0 saturated heterocycles. The van der Waals surface area contributed by atoms with Crippen molar-refractivity contribution in [2.75, 3.05) is 0 Å². The number of hydrogen-bond acceptors (Lipinski definition) is 1. The van der Waals surface area contributed by atoms with Gasteiger partial charge in [-0.1, -0.05) is 37.6 Å². The first-order chi connectivity index (χ1) is 8.41. The molecule has 0 aromatic heterocycles. The Kier molecular flexibility index (Phi) is 3.98. The Morgan fingerprint density at radius 1 is 1.39 bits per heavy atom. The lowest BCUT2D eigenvalue weighted by molar-refractivity contribution is 0.175. The van der Waals surface area contributed by atoms with Gasteiger partial charge in [-0.25, -0.2) is 4.39 Å². The van der Waals surface area contributed by atoms with Gasteiger partial charge in [0.05, 0.1) is 5.02 Å². The molecule has 1 fully saturated rings. The molecule has 0 bridgehead atoms. The zero-order valence-corrected chi connectivity index (χ0v) is 11.8. The monoisotopic (exact) mass is 269 g/mol. The third-order valence-electron chi connectivity index (χ3n) is 4.37. The summed E-state index contributed by atoms with van der Waals surface area (Å²) in [6.07, 6.45) is 3.79. The van der Waals surface area contributed by atoms with E-state index >= 15 is 0 Å². The molecule has 0 amide bonds. The Hall–Kier alpha value is -0.600. The Bertz CT molecular complexity index is 435. The van der Waals surface area contributed by atoms with Crippen molar-refractivity contribution >= 4 is 11.6 Å². The minimum absolute atomic E-state index is 0.230. The Balaban J connectivity index is 2.15. The third-order valence-corrected chi connectivity index (χ3v) is 4.79. The van der Waals surface area contributed by atoms with Crippen LogP contribution < -0.4 is 5.73 Å². The largest absolute Gasteiger partial charge is 0.325 e. The highest BCUT2D eigenvalue weighted by Crippen LogP contribution is 2.37. The van der Waals surface area contributed by atoms with Gasteiger partial charge in [0.15, 0.2) is 0 Å². The number of rotatable bonds is 2. The average Bonchev–Trinajstić information content (AvgIpc) is 2.31. The van der Waals surface area contributed by atoms with Crippen molar-refractivity contribution in [3.63, 3.8) is 0 Å². The van der Waals surface area contributed by atoms with Crippen LogP contribution in [-0.4, -0.2) is 5.54 Å². The number of hydrogen-bond donors (Lipinski definition) is 1. The first kappa shape index (κ1) is 13.8. The minimum atomic E-state index is -0.352. The number of halogens is 2. The molecule has 1 aromatic rings. The van der Waals surface area contributed by atoms with E-state index in [-0.39, 0.29) is 16.4 Å². The smallest absolute Gasteiger partial charge is 0.142 e. The van der Waals surface area contributed by atoms with Crippen molar-refractivity contribution < 1.29 is 4.39 Å². The van der Waals surface area contributed by atoms with Crippen LogP contribution in [0, 0.1) is 17.7 Å². The second kappa shape index (κ2) is 5.18. The summed E-state index contributed by atoms with van der Waals surface area (Å²) in [4.78, 5) is 0. The highest BCUT2D eigenvalue weighted by Gasteiger charge is 2.35. The fraction of sp³-hybridized carbons (Fsp3) is 0.600. The summed E-state index contributed by atoms with van der Waals surface area (Å²) in [5.74, 6) is 0.996. The van der Waals surface area contributed by atoms with E-state index in [1.165, 1.54) is 6.07 Å². The van der Waals surface area contributed by atoms with E-state index < -0.39 is 0 Å². The van der Waals surface area contributed by atoms with E-state index in [0.29, 0.717) is 12.3 Å². The van der Waals surface area contributed by atoms with Crippen LogP contribution in [-0.2, 0) is 6.42 Å². The van der Waals surface area contributed by atoms with E-state index in [9.17, 15) is 4.39 Å². The standard InChI is InChI=1S/C15H21ClFN/c1-10-6-7-15(18,8-11(10)2)9-12-4-3-5-13(17)14(12)16/h3-5,10-11H,6-9,18H2,1-2H3. The molecule has 1 nitrogen and oxygen atoms in total. The summed E-state index contributed by atoms with van der Waals surface area (Å²) in [5.41, 5.74) is 7.08. The highest BCUT2D eigenvalue weighted by molar-refractivity contribution is 6.31. The second-order valence-corrected chi connectivity index (χ2v) is 6.33. The number of nitrogens with two attached hydrogens (primary N) is 1. The zero-order chi connectivity index (χ0) is 13.3. The Labute approximate surface area is 114 Å². The van der Waals surface area contributed by atoms with E-state index in [1.807, 2.05) is 6.07 Å². The molecule has 0 heterocycles. The fourth-order valence-corrected chi connectivity index (χ4v) is 3.16. The lowest BCUT2D eigenvalue weighted by Crippen LogP contribution is -2.47. The maximum atomic E-state index is 13.4.